The molecule has 0 aliphatic rings. The average Bonchev–Trinajstić information content (AvgIpc) is 2.64. The molecule has 32 heavy (non-hydrogen) atoms. The Hall–Kier alpha value is -1.96. The minimum absolute atomic E-state index is 0.141. The van der Waals surface area contributed by atoms with E-state index >= 15 is 0 Å². The molecular weight excluding hydrogens is 392 g/mol. The molecule has 0 aliphatic heterocycles. The first-order valence-corrected chi connectivity index (χ1v) is 12.3. The van der Waals surface area contributed by atoms with E-state index in [9.17, 15) is 10.2 Å². The summed E-state index contributed by atoms with van der Waals surface area (Å²) in [5.74, 6) is 1.63. The number of hydrogen-bond donors (Lipinski definition) is 2. The fraction of sp³-hybridized carbons (Fsp3) is 0.600. The van der Waals surface area contributed by atoms with Gasteiger partial charge in [0.2, 0.25) is 0 Å². The van der Waals surface area contributed by atoms with Crippen molar-refractivity contribution in [2.45, 2.75) is 118 Å². The standard InChI is InChI=1S/C30H46O2/c1-12-13-20(23-14-25(29(6,7)8)27(31)16-21(23)18(2)3)24-15-26(30(9,10)11)28(32)17-22(24)19(4)5/h14-20,31-32H,12-13H2,1-11H3. The molecule has 0 atom stereocenters. The fourth-order valence-corrected chi connectivity index (χ4v) is 4.81. The maximum atomic E-state index is 10.9. The minimum Gasteiger partial charge on any atom is -0.508 e. The van der Waals surface area contributed by atoms with Crippen LogP contribution in [0.1, 0.15) is 140 Å². The molecule has 0 aromatic heterocycles. The lowest BCUT2D eigenvalue weighted by Crippen LogP contribution is -2.17. The Labute approximate surface area is 197 Å². The highest BCUT2D eigenvalue weighted by Gasteiger charge is 2.29. The summed E-state index contributed by atoms with van der Waals surface area (Å²) in [6.07, 6.45) is 2.10. The Kier molecular flexibility index (Phi) is 7.80. The van der Waals surface area contributed by atoms with E-state index in [1.165, 1.54) is 22.3 Å². The monoisotopic (exact) mass is 438 g/mol. The van der Waals surface area contributed by atoms with Crippen LogP contribution < -0.4 is 0 Å². The van der Waals surface area contributed by atoms with E-state index in [-0.39, 0.29) is 16.7 Å². The quantitative estimate of drug-likeness (QED) is 0.473. The number of benzene rings is 2. The van der Waals surface area contributed by atoms with Crippen molar-refractivity contribution in [1.29, 1.82) is 0 Å². The Morgan fingerprint density at radius 2 is 0.969 bits per heavy atom. The summed E-state index contributed by atoms with van der Waals surface area (Å²) < 4.78 is 0. The van der Waals surface area contributed by atoms with Crippen molar-refractivity contribution in [1.82, 2.24) is 0 Å². The lowest BCUT2D eigenvalue weighted by molar-refractivity contribution is 0.443. The van der Waals surface area contributed by atoms with Crippen LogP contribution in [0.3, 0.4) is 0 Å². The molecular formula is C30H46O2. The van der Waals surface area contributed by atoms with Crippen LogP contribution in [0.2, 0.25) is 0 Å². The molecule has 2 heteroatoms. The summed E-state index contributed by atoms with van der Waals surface area (Å²) in [6, 6.07) is 8.53. The average molecular weight is 439 g/mol. The Balaban J connectivity index is 2.93. The maximum Gasteiger partial charge on any atom is 0.119 e. The fourth-order valence-electron chi connectivity index (χ4n) is 4.81. The van der Waals surface area contributed by atoms with E-state index in [1.807, 2.05) is 12.1 Å². The van der Waals surface area contributed by atoms with Crippen molar-refractivity contribution < 1.29 is 10.2 Å². The maximum absolute atomic E-state index is 10.9. The van der Waals surface area contributed by atoms with Crippen LogP contribution in [0.25, 0.3) is 0 Å². The van der Waals surface area contributed by atoms with Gasteiger partial charge in [0.25, 0.3) is 0 Å². The van der Waals surface area contributed by atoms with Gasteiger partial charge in [-0.2, -0.15) is 0 Å². The topological polar surface area (TPSA) is 40.5 Å². The van der Waals surface area contributed by atoms with Crippen LogP contribution in [0, 0.1) is 0 Å². The van der Waals surface area contributed by atoms with E-state index in [4.69, 9.17) is 0 Å². The van der Waals surface area contributed by atoms with Crippen LogP contribution in [-0.2, 0) is 10.8 Å². The van der Waals surface area contributed by atoms with Crippen molar-refractivity contribution in [3.63, 3.8) is 0 Å². The van der Waals surface area contributed by atoms with Gasteiger partial charge in [0.1, 0.15) is 11.5 Å². The molecule has 0 aliphatic carbocycles. The summed E-state index contributed by atoms with van der Waals surface area (Å²) >= 11 is 0. The molecule has 2 N–H and O–H groups in total. The number of rotatable bonds is 6. The van der Waals surface area contributed by atoms with Gasteiger partial charge in [0.05, 0.1) is 0 Å². The van der Waals surface area contributed by atoms with Crippen LogP contribution in [0.5, 0.6) is 11.5 Å². The Bertz CT molecular complexity index is 861. The van der Waals surface area contributed by atoms with Gasteiger partial charge < -0.3 is 10.2 Å². The summed E-state index contributed by atoms with van der Waals surface area (Å²) in [5.41, 5.74) is 6.78. The van der Waals surface area contributed by atoms with Gasteiger partial charge >= 0.3 is 0 Å². The Morgan fingerprint density at radius 1 is 0.625 bits per heavy atom. The second-order valence-electron chi connectivity index (χ2n) is 12.1. The molecule has 0 unspecified atom stereocenters. The van der Waals surface area contributed by atoms with Crippen LogP contribution >= 0.6 is 0 Å². The van der Waals surface area contributed by atoms with Gasteiger partial charge in [-0.1, -0.05) is 94.7 Å². The van der Waals surface area contributed by atoms with Crippen molar-refractivity contribution >= 4 is 0 Å². The molecule has 0 fully saturated rings. The van der Waals surface area contributed by atoms with Gasteiger partial charge in [-0.3, -0.25) is 0 Å². The first kappa shape index (κ1) is 26.3. The zero-order valence-electron chi connectivity index (χ0n) is 22.4. The SMILES string of the molecule is CCCC(c1cc(C(C)(C)C)c(O)cc1C(C)C)c1cc(C(C)(C)C)c(O)cc1C(C)C. The van der Waals surface area contributed by atoms with Gasteiger partial charge in [-0.25, -0.2) is 0 Å². The molecule has 2 nitrogen and oxygen atoms in total. The summed E-state index contributed by atoms with van der Waals surface area (Å²) in [5, 5.41) is 21.8. The van der Waals surface area contributed by atoms with E-state index in [2.05, 4.69) is 88.3 Å². The second-order valence-corrected chi connectivity index (χ2v) is 12.1. The zero-order valence-corrected chi connectivity index (χ0v) is 22.4. The molecule has 0 bridgehead atoms. The van der Waals surface area contributed by atoms with Crippen molar-refractivity contribution in [3.8, 4) is 11.5 Å². The Morgan fingerprint density at radius 3 is 1.22 bits per heavy atom. The molecule has 0 radical (unpaired) electrons. The molecule has 2 rings (SSSR count). The van der Waals surface area contributed by atoms with Crippen LogP contribution in [-0.4, -0.2) is 10.2 Å². The van der Waals surface area contributed by atoms with Gasteiger partial charge in [0.15, 0.2) is 0 Å². The predicted octanol–water partition coefficient (Wildman–Crippen LogP) is 8.87. The molecule has 178 valence electrons. The normalized spacial score (nSPS) is 12.9. The largest absolute Gasteiger partial charge is 0.508 e. The first-order valence-electron chi connectivity index (χ1n) is 12.3. The van der Waals surface area contributed by atoms with Crippen LogP contribution in [0.15, 0.2) is 24.3 Å². The number of hydrogen-bond acceptors (Lipinski definition) is 2. The summed E-state index contributed by atoms with van der Waals surface area (Å²) in [4.78, 5) is 0. The third-order valence-corrected chi connectivity index (χ3v) is 6.59. The molecule has 0 saturated heterocycles. The predicted molar refractivity (Wildman–Crippen MR) is 139 cm³/mol. The van der Waals surface area contributed by atoms with Crippen molar-refractivity contribution in [2.24, 2.45) is 0 Å². The molecule has 2 aromatic carbocycles. The highest BCUT2D eigenvalue weighted by molar-refractivity contribution is 5.54. The third-order valence-electron chi connectivity index (χ3n) is 6.59. The number of phenols is 2. The third kappa shape index (κ3) is 5.50. The number of aromatic hydroxyl groups is 2. The molecule has 0 spiro atoms. The van der Waals surface area contributed by atoms with Crippen molar-refractivity contribution in [2.75, 3.05) is 0 Å². The van der Waals surface area contributed by atoms with Gasteiger partial charge in [-0.15, -0.1) is 0 Å². The smallest absolute Gasteiger partial charge is 0.119 e. The van der Waals surface area contributed by atoms with E-state index in [0.29, 0.717) is 23.3 Å². The van der Waals surface area contributed by atoms with Gasteiger partial charge in [0, 0.05) is 5.92 Å². The highest BCUT2D eigenvalue weighted by Crippen LogP contribution is 2.45. The summed E-state index contributed by atoms with van der Waals surface area (Å²) in [6.45, 7) is 24.0. The molecule has 0 amide bonds. The highest BCUT2D eigenvalue weighted by atomic mass is 16.3. The second kappa shape index (κ2) is 9.49. The lowest BCUT2D eigenvalue weighted by atomic mass is 9.74. The molecule has 0 saturated carbocycles. The lowest BCUT2D eigenvalue weighted by Gasteiger charge is -2.31. The first-order chi connectivity index (χ1) is 14.6. The molecule has 0 heterocycles. The minimum atomic E-state index is -0.141. The van der Waals surface area contributed by atoms with Crippen molar-refractivity contribution in [3.05, 3.63) is 57.6 Å². The zero-order chi connectivity index (χ0) is 24.6. The van der Waals surface area contributed by atoms with E-state index in [0.717, 1.165) is 24.0 Å². The summed E-state index contributed by atoms with van der Waals surface area (Å²) in [7, 11) is 0. The number of phenolic OH excluding ortho intramolecular Hbond substituents is 2. The van der Waals surface area contributed by atoms with Gasteiger partial charge in [-0.05, 0) is 74.6 Å². The molecule has 2 aromatic rings. The van der Waals surface area contributed by atoms with Crippen LogP contribution in [0.4, 0.5) is 0 Å². The van der Waals surface area contributed by atoms with E-state index < -0.39 is 0 Å². The van der Waals surface area contributed by atoms with E-state index in [1.54, 1.807) is 0 Å².